The van der Waals surface area contributed by atoms with Crippen molar-refractivity contribution in [3.05, 3.63) is 77.5 Å². The summed E-state index contributed by atoms with van der Waals surface area (Å²) in [5.74, 6) is -0.990. The van der Waals surface area contributed by atoms with E-state index in [4.69, 9.17) is 0 Å². The lowest BCUT2D eigenvalue weighted by molar-refractivity contribution is -0.137. The van der Waals surface area contributed by atoms with E-state index in [1.165, 1.54) is 7.05 Å². The molecule has 3 aliphatic heterocycles. The Balaban J connectivity index is 1.54. The maximum Gasteiger partial charge on any atom is 0.327 e. The first kappa shape index (κ1) is 19.4. The first-order valence-corrected chi connectivity index (χ1v) is 10.4. The third-order valence-electron chi connectivity index (χ3n) is 6.44. The van der Waals surface area contributed by atoms with Gasteiger partial charge in [-0.15, -0.1) is 0 Å². The number of imide groups is 1. The number of urea groups is 1. The summed E-state index contributed by atoms with van der Waals surface area (Å²) in [5, 5.41) is 0. The van der Waals surface area contributed by atoms with Crippen molar-refractivity contribution in [2.45, 2.75) is 19.1 Å². The number of hydrogen-bond acceptors (Lipinski definition) is 4. The van der Waals surface area contributed by atoms with Gasteiger partial charge in [-0.3, -0.25) is 14.5 Å². The van der Waals surface area contributed by atoms with Gasteiger partial charge in [0.1, 0.15) is 11.9 Å². The Morgan fingerprint density at radius 2 is 1.71 bits per heavy atom. The van der Waals surface area contributed by atoms with Crippen LogP contribution >= 0.6 is 0 Å². The van der Waals surface area contributed by atoms with E-state index in [0.717, 1.165) is 28.1 Å². The zero-order valence-corrected chi connectivity index (χ0v) is 17.6. The molecule has 0 saturated carbocycles. The fraction of sp³-hybridized carbons (Fsp3) is 0.292. The predicted octanol–water partition coefficient (Wildman–Crippen LogP) is 2.44. The molecule has 1 saturated heterocycles. The van der Waals surface area contributed by atoms with Gasteiger partial charge < -0.3 is 14.7 Å². The molecule has 3 heterocycles. The van der Waals surface area contributed by atoms with Gasteiger partial charge in [-0.1, -0.05) is 48.5 Å². The van der Waals surface area contributed by atoms with E-state index in [-0.39, 0.29) is 17.8 Å². The Hall–Kier alpha value is -3.61. The largest absolute Gasteiger partial charge is 0.341 e. The van der Waals surface area contributed by atoms with Crippen molar-refractivity contribution < 1.29 is 14.4 Å². The highest BCUT2D eigenvalue weighted by Crippen LogP contribution is 2.38. The van der Waals surface area contributed by atoms with E-state index in [1.54, 1.807) is 22.9 Å². The minimum Gasteiger partial charge on any atom is -0.341 e. The van der Waals surface area contributed by atoms with Crippen LogP contribution in [0.5, 0.6) is 0 Å². The molecular formula is C24H24N4O3. The number of anilines is 1. The van der Waals surface area contributed by atoms with Crippen LogP contribution in [0.4, 0.5) is 10.5 Å². The lowest BCUT2D eigenvalue weighted by Gasteiger charge is -2.43. The fourth-order valence-corrected chi connectivity index (χ4v) is 4.85. The van der Waals surface area contributed by atoms with E-state index in [9.17, 15) is 14.4 Å². The van der Waals surface area contributed by atoms with Gasteiger partial charge in [0.05, 0.1) is 5.92 Å². The third kappa shape index (κ3) is 3.00. The third-order valence-corrected chi connectivity index (χ3v) is 6.44. The van der Waals surface area contributed by atoms with Gasteiger partial charge >= 0.3 is 6.03 Å². The molecule has 0 bridgehead atoms. The first-order chi connectivity index (χ1) is 15.0. The van der Waals surface area contributed by atoms with Crippen molar-refractivity contribution in [1.29, 1.82) is 0 Å². The molecule has 4 amide bonds. The Kier molecular flexibility index (Phi) is 4.54. The van der Waals surface area contributed by atoms with Crippen LogP contribution < -0.4 is 4.90 Å². The van der Waals surface area contributed by atoms with Crippen LogP contribution in [0.1, 0.15) is 11.1 Å². The molecule has 0 radical (unpaired) electrons. The zero-order valence-electron chi connectivity index (χ0n) is 17.6. The summed E-state index contributed by atoms with van der Waals surface area (Å²) < 4.78 is 0. The van der Waals surface area contributed by atoms with Gasteiger partial charge in [0, 0.05) is 32.9 Å². The van der Waals surface area contributed by atoms with Crippen LogP contribution in [-0.2, 0) is 22.6 Å². The maximum absolute atomic E-state index is 13.7. The Morgan fingerprint density at radius 1 is 1.00 bits per heavy atom. The second-order valence-corrected chi connectivity index (χ2v) is 8.23. The Bertz CT molecular complexity index is 1100. The molecule has 0 N–H and O–H groups in total. The van der Waals surface area contributed by atoms with Crippen LogP contribution in [0, 0.1) is 5.92 Å². The second kappa shape index (κ2) is 7.27. The molecule has 0 aromatic heterocycles. The van der Waals surface area contributed by atoms with E-state index in [0.29, 0.717) is 18.8 Å². The molecule has 0 aliphatic carbocycles. The smallest absolute Gasteiger partial charge is 0.327 e. The summed E-state index contributed by atoms with van der Waals surface area (Å²) in [6.45, 7) is 1.04. The van der Waals surface area contributed by atoms with Crippen LogP contribution in [0.15, 0.2) is 66.4 Å². The summed E-state index contributed by atoms with van der Waals surface area (Å²) >= 11 is 0. The fourth-order valence-electron chi connectivity index (χ4n) is 4.85. The van der Waals surface area contributed by atoms with Gasteiger partial charge in [0.25, 0.3) is 5.91 Å². The van der Waals surface area contributed by atoms with Crippen molar-refractivity contribution in [2.24, 2.45) is 5.92 Å². The molecule has 3 aliphatic rings. The predicted molar refractivity (Wildman–Crippen MR) is 116 cm³/mol. The van der Waals surface area contributed by atoms with E-state index < -0.39 is 12.1 Å². The molecule has 2 unspecified atom stereocenters. The number of amides is 4. The summed E-state index contributed by atoms with van der Waals surface area (Å²) in [6, 6.07) is 17.3. The summed E-state index contributed by atoms with van der Waals surface area (Å²) in [4.78, 5) is 45.7. The number of fused-ring (bicyclic) bond motifs is 2. The molecule has 7 heteroatoms. The minimum atomic E-state index is -0.576. The van der Waals surface area contributed by atoms with Gasteiger partial charge in [-0.25, -0.2) is 4.79 Å². The van der Waals surface area contributed by atoms with Gasteiger partial charge in [0.15, 0.2) is 0 Å². The lowest BCUT2D eigenvalue weighted by Crippen LogP contribution is -2.61. The molecule has 5 rings (SSSR count). The SMILES string of the molecule is CN1C(=O)C2C=C(C(=O)N3CCc4ccccc43)N(Cc3ccccc3)C2N(C)C1=O. The molecule has 1 fully saturated rings. The first-order valence-electron chi connectivity index (χ1n) is 10.4. The number of hydrogen-bond donors (Lipinski definition) is 0. The number of benzene rings is 2. The Morgan fingerprint density at radius 3 is 2.48 bits per heavy atom. The highest BCUT2D eigenvalue weighted by atomic mass is 16.2. The average molecular weight is 416 g/mol. The highest BCUT2D eigenvalue weighted by Gasteiger charge is 2.51. The number of rotatable bonds is 3. The van der Waals surface area contributed by atoms with Crippen LogP contribution in [-0.4, -0.2) is 59.4 Å². The average Bonchev–Trinajstić information content (AvgIpc) is 3.39. The number of nitrogens with zero attached hydrogens (tertiary/aromatic N) is 4. The van der Waals surface area contributed by atoms with Crippen molar-refractivity contribution in [1.82, 2.24) is 14.7 Å². The molecule has 31 heavy (non-hydrogen) atoms. The zero-order chi connectivity index (χ0) is 21.7. The van der Waals surface area contributed by atoms with E-state index >= 15 is 0 Å². The number of para-hydroxylation sites is 1. The van der Waals surface area contributed by atoms with Crippen molar-refractivity contribution >= 4 is 23.5 Å². The van der Waals surface area contributed by atoms with Gasteiger partial charge in [-0.2, -0.15) is 0 Å². The highest BCUT2D eigenvalue weighted by molar-refractivity contribution is 6.08. The molecule has 0 spiro atoms. The second-order valence-electron chi connectivity index (χ2n) is 8.23. The molecule has 2 atom stereocenters. The number of carbonyl (C=O) groups excluding carboxylic acids is 3. The topological polar surface area (TPSA) is 64.2 Å². The quantitative estimate of drug-likeness (QED) is 0.771. The standard InChI is InChI=1S/C24H24N4O3/c1-25-21-18(22(29)26(2)24(25)31)14-20(28(21)15-16-8-4-3-5-9-16)23(30)27-13-12-17-10-6-7-11-19(17)27/h3-11,14,18,21H,12-13,15H2,1-2H3. The van der Waals surface area contributed by atoms with Crippen molar-refractivity contribution in [3.63, 3.8) is 0 Å². The number of carbonyl (C=O) groups is 3. The molecule has 158 valence electrons. The monoisotopic (exact) mass is 416 g/mol. The molecule has 2 aromatic rings. The molecule has 2 aromatic carbocycles. The van der Waals surface area contributed by atoms with Crippen LogP contribution in [0.25, 0.3) is 0 Å². The molecular weight excluding hydrogens is 392 g/mol. The van der Waals surface area contributed by atoms with Crippen LogP contribution in [0.2, 0.25) is 0 Å². The van der Waals surface area contributed by atoms with Gasteiger partial charge in [0.2, 0.25) is 5.91 Å². The minimum absolute atomic E-state index is 0.133. The van der Waals surface area contributed by atoms with E-state index in [2.05, 4.69) is 0 Å². The van der Waals surface area contributed by atoms with Crippen molar-refractivity contribution in [3.8, 4) is 0 Å². The summed E-state index contributed by atoms with van der Waals surface area (Å²) in [6.07, 6.45) is 2.03. The summed E-state index contributed by atoms with van der Waals surface area (Å²) in [7, 11) is 3.18. The summed E-state index contributed by atoms with van der Waals surface area (Å²) in [5.41, 5.74) is 3.54. The Labute approximate surface area is 181 Å². The van der Waals surface area contributed by atoms with E-state index in [1.807, 2.05) is 59.5 Å². The van der Waals surface area contributed by atoms with Gasteiger partial charge in [-0.05, 0) is 29.7 Å². The molecule has 7 nitrogen and oxygen atoms in total. The van der Waals surface area contributed by atoms with Crippen LogP contribution in [0.3, 0.4) is 0 Å². The lowest BCUT2D eigenvalue weighted by atomic mass is 10.0. The maximum atomic E-state index is 13.7. The normalized spacial score (nSPS) is 22.6. The van der Waals surface area contributed by atoms with Crippen molar-refractivity contribution in [2.75, 3.05) is 25.5 Å².